The van der Waals surface area contributed by atoms with Gasteiger partial charge >= 0.3 is 0 Å². The predicted octanol–water partition coefficient (Wildman–Crippen LogP) is 1.81. The molecule has 0 radical (unpaired) electrons. The van der Waals surface area contributed by atoms with Crippen molar-refractivity contribution in [2.24, 2.45) is 0 Å². The number of aryl methyl sites for hydroxylation is 2. The van der Waals surface area contributed by atoms with Crippen molar-refractivity contribution >= 4 is 17.5 Å². The molecule has 6 nitrogen and oxygen atoms in total. The van der Waals surface area contributed by atoms with Crippen molar-refractivity contribution in [3.63, 3.8) is 0 Å². The molecular formula is C19H29N3O3. The molecule has 1 fully saturated rings. The van der Waals surface area contributed by atoms with Gasteiger partial charge in [0.25, 0.3) is 0 Å². The minimum atomic E-state index is -0.183. The van der Waals surface area contributed by atoms with E-state index in [0.29, 0.717) is 6.54 Å². The number of morpholine rings is 1. The van der Waals surface area contributed by atoms with Crippen molar-refractivity contribution in [3.8, 4) is 0 Å². The zero-order valence-corrected chi connectivity index (χ0v) is 15.8. The van der Waals surface area contributed by atoms with E-state index in [1.807, 2.05) is 45.9 Å². The lowest BCUT2D eigenvalue weighted by molar-refractivity contribution is -0.137. The van der Waals surface area contributed by atoms with E-state index in [4.69, 9.17) is 4.74 Å². The van der Waals surface area contributed by atoms with Gasteiger partial charge in [-0.1, -0.05) is 18.2 Å². The van der Waals surface area contributed by atoms with Crippen LogP contribution in [0.15, 0.2) is 18.2 Å². The van der Waals surface area contributed by atoms with Gasteiger partial charge in [-0.2, -0.15) is 0 Å². The van der Waals surface area contributed by atoms with Crippen LogP contribution in [-0.2, 0) is 14.3 Å². The molecule has 138 valence electrons. The van der Waals surface area contributed by atoms with E-state index in [2.05, 4.69) is 10.2 Å². The number of nitrogens with one attached hydrogen (secondary N) is 1. The molecule has 0 unspecified atom stereocenters. The van der Waals surface area contributed by atoms with E-state index in [0.717, 1.165) is 29.9 Å². The highest BCUT2D eigenvalue weighted by molar-refractivity contribution is 5.95. The van der Waals surface area contributed by atoms with Crippen molar-refractivity contribution in [1.29, 1.82) is 0 Å². The van der Waals surface area contributed by atoms with Crippen LogP contribution in [0.1, 0.15) is 25.0 Å². The molecule has 0 saturated carbocycles. The first kappa shape index (κ1) is 19.4. The molecule has 1 aromatic carbocycles. The number of benzene rings is 1. The normalized spacial score (nSPS) is 21.0. The molecule has 2 rings (SSSR count). The van der Waals surface area contributed by atoms with E-state index in [9.17, 15) is 9.59 Å². The maximum absolute atomic E-state index is 12.4. The molecule has 1 aliphatic heterocycles. The molecule has 0 aromatic heterocycles. The monoisotopic (exact) mass is 347 g/mol. The maximum atomic E-state index is 12.4. The second kappa shape index (κ2) is 8.45. The summed E-state index contributed by atoms with van der Waals surface area (Å²) in [4.78, 5) is 28.3. The smallest absolute Gasteiger partial charge is 0.243 e. The summed E-state index contributed by atoms with van der Waals surface area (Å²) in [6, 6.07) is 5.87. The maximum Gasteiger partial charge on any atom is 0.243 e. The van der Waals surface area contributed by atoms with Gasteiger partial charge in [0, 0.05) is 25.8 Å². The summed E-state index contributed by atoms with van der Waals surface area (Å²) in [5.41, 5.74) is 2.85. The van der Waals surface area contributed by atoms with Gasteiger partial charge in [0.15, 0.2) is 0 Å². The van der Waals surface area contributed by atoms with Gasteiger partial charge in [-0.05, 0) is 38.8 Å². The van der Waals surface area contributed by atoms with Crippen LogP contribution in [-0.4, -0.2) is 67.0 Å². The number of rotatable bonds is 5. The minimum Gasteiger partial charge on any atom is -0.373 e. The summed E-state index contributed by atoms with van der Waals surface area (Å²) in [6.07, 6.45) is 0.239. The van der Waals surface area contributed by atoms with Gasteiger partial charge in [0.1, 0.15) is 0 Å². The van der Waals surface area contributed by atoms with E-state index < -0.39 is 0 Å². The Morgan fingerprint density at radius 2 is 1.76 bits per heavy atom. The third-order valence-electron chi connectivity index (χ3n) is 4.41. The number of hydrogen-bond acceptors (Lipinski definition) is 4. The Hall–Kier alpha value is -1.92. The van der Waals surface area contributed by atoms with Crippen molar-refractivity contribution in [1.82, 2.24) is 9.80 Å². The van der Waals surface area contributed by atoms with Crippen molar-refractivity contribution in [2.75, 3.05) is 38.5 Å². The molecule has 0 aliphatic carbocycles. The van der Waals surface area contributed by atoms with Crippen molar-refractivity contribution in [3.05, 3.63) is 29.3 Å². The Labute approximate surface area is 150 Å². The first-order valence-electron chi connectivity index (χ1n) is 8.74. The topological polar surface area (TPSA) is 61.9 Å². The Bertz CT molecular complexity index is 602. The minimum absolute atomic E-state index is 0.0437. The fourth-order valence-corrected chi connectivity index (χ4v) is 3.22. The summed E-state index contributed by atoms with van der Waals surface area (Å²) in [5.74, 6) is -0.241. The molecule has 25 heavy (non-hydrogen) atoms. The third-order valence-corrected chi connectivity index (χ3v) is 4.41. The lowest BCUT2D eigenvalue weighted by Crippen LogP contribution is -2.50. The molecular weight excluding hydrogens is 318 g/mol. The summed E-state index contributed by atoms with van der Waals surface area (Å²) >= 11 is 0. The second-order valence-corrected chi connectivity index (χ2v) is 7.02. The van der Waals surface area contributed by atoms with E-state index >= 15 is 0 Å². The average Bonchev–Trinajstić information content (AvgIpc) is 2.50. The zero-order chi connectivity index (χ0) is 18.6. The molecule has 1 N–H and O–H groups in total. The molecule has 1 aliphatic rings. The molecule has 6 heteroatoms. The fourth-order valence-electron chi connectivity index (χ4n) is 3.22. The standard InChI is InChI=1S/C19H29N3O3/c1-13-7-6-8-14(2)19(13)20-17(23)11-21(5)18(24)12-22-9-15(3)25-16(4)10-22/h6-8,15-16H,9-12H2,1-5H3,(H,20,23)/t15-,16-/m1/s1. The van der Waals surface area contributed by atoms with Crippen LogP contribution in [0.4, 0.5) is 5.69 Å². The molecule has 2 amide bonds. The van der Waals surface area contributed by atoms with Crippen LogP contribution >= 0.6 is 0 Å². The van der Waals surface area contributed by atoms with Gasteiger partial charge in [-0.3, -0.25) is 14.5 Å². The SMILES string of the molecule is Cc1cccc(C)c1NC(=O)CN(C)C(=O)CN1C[C@@H](C)O[C@H](C)C1. The lowest BCUT2D eigenvalue weighted by atomic mass is 10.1. The first-order chi connectivity index (χ1) is 11.8. The summed E-state index contributed by atoms with van der Waals surface area (Å²) in [6.45, 7) is 9.75. The molecule has 2 atom stereocenters. The number of para-hydroxylation sites is 1. The number of anilines is 1. The summed E-state index contributed by atoms with van der Waals surface area (Å²) < 4.78 is 5.68. The van der Waals surface area contributed by atoms with Crippen molar-refractivity contribution in [2.45, 2.75) is 39.9 Å². The van der Waals surface area contributed by atoms with E-state index in [-0.39, 0.29) is 30.6 Å². The number of carbonyl (C=O) groups excluding carboxylic acids is 2. The third kappa shape index (κ3) is 5.54. The summed E-state index contributed by atoms with van der Waals surface area (Å²) in [5, 5.41) is 2.92. The molecule has 1 saturated heterocycles. The molecule has 1 heterocycles. The Kier molecular flexibility index (Phi) is 6.56. The Morgan fingerprint density at radius 3 is 2.32 bits per heavy atom. The highest BCUT2D eigenvalue weighted by Gasteiger charge is 2.25. The zero-order valence-electron chi connectivity index (χ0n) is 15.8. The highest BCUT2D eigenvalue weighted by atomic mass is 16.5. The van der Waals surface area contributed by atoms with Crippen LogP contribution in [0.2, 0.25) is 0 Å². The largest absolute Gasteiger partial charge is 0.373 e. The van der Waals surface area contributed by atoms with Gasteiger partial charge in [0.2, 0.25) is 11.8 Å². The number of hydrogen-bond donors (Lipinski definition) is 1. The summed E-state index contributed by atoms with van der Waals surface area (Å²) in [7, 11) is 1.67. The molecule has 1 aromatic rings. The van der Waals surface area contributed by atoms with Gasteiger partial charge in [-0.25, -0.2) is 0 Å². The van der Waals surface area contributed by atoms with Crippen LogP contribution < -0.4 is 5.32 Å². The number of likely N-dealkylation sites (N-methyl/N-ethyl adjacent to an activating group) is 1. The van der Waals surface area contributed by atoms with Gasteiger partial charge in [-0.15, -0.1) is 0 Å². The lowest BCUT2D eigenvalue weighted by Gasteiger charge is -2.35. The molecule has 0 spiro atoms. The van der Waals surface area contributed by atoms with Crippen LogP contribution in [0, 0.1) is 13.8 Å². The van der Waals surface area contributed by atoms with Gasteiger partial charge in [0.05, 0.1) is 25.3 Å². The Morgan fingerprint density at radius 1 is 1.20 bits per heavy atom. The fraction of sp³-hybridized carbons (Fsp3) is 0.579. The number of carbonyl (C=O) groups is 2. The predicted molar refractivity (Wildman–Crippen MR) is 98.6 cm³/mol. The number of nitrogens with zero attached hydrogens (tertiary/aromatic N) is 2. The van der Waals surface area contributed by atoms with Crippen LogP contribution in [0.25, 0.3) is 0 Å². The van der Waals surface area contributed by atoms with Crippen molar-refractivity contribution < 1.29 is 14.3 Å². The number of amides is 2. The van der Waals surface area contributed by atoms with Crippen LogP contribution in [0.5, 0.6) is 0 Å². The second-order valence-electron chi connectivity index (χ2n) is 7.02. The van der Waals surface area contributed by atoms with Gasteiger partial charge < -0.3 is 15.0 Å². The average molecular weight is 347 g/mol. The highest BCUT2D eigenvalue weighted by Crippen LogP contribution is 2.19. The number of ether oxygens (including phenoxy) is 1. The van der Waals surface area contributed by atoms with E-state index in [1.54, 1.807) is 7.05 Å². The quantitative estimate of drug-likeness (QED) is 0.882. The molecule has 0 bridgehead atoms. The van der Waals surface area contributed by atoms with Crippen LogP contribution in [0.3, 0.4) is 0 Å². The Balaban J connectivity index is 1.87. The first-order valence-corrected chi connectivity index (χ1v) is 8.74. The van der Waals surface area contributed by atoms with E-state index in [1.165, 1.54) is 4.90 Å².